The van der Waals surface area contributed by atoms with Gasteiger partial charge in [-0.25, -0.2) is 9.29 Å². The van der Waals surface area contributed by atoms with Gasteiger partial charge >= 0.3 is 0 Å². The van der Waals surface area contributed by atoms with Crippen molar-refractivity contribution in [2.45, 2.75) is 26.2 Å². The minimum atomic E-state index is -2.05. The molecule has 0 saturated heterocycles. The number of nitrogens with zero attached hydrogens (tertiary/aromatic N) is 1. The number of ketones is 2. The van der Waals surface area contributed by atoms with Gasteiger partial charge in [0.25, 0.3) is 5.91 Å². The molecule has 1 aromatic rings. The Labute approximate surface area is 114 Å². The van der Waals surface area contributed by atoms with E-state index in [0.29, 0.717) is 4.90 Å². The van der Waals surface area contributed by atoms with Crippen LogP contribution in [-0.2, 0) is 24.6 Å². The van der Waals surface area contributed by atoms with Crippen LogP contribution in [0.25, 0.3) is 0 Å². The van der Waals surface area contributed by atoms with Crippen LogP contribution in [0.5, 0.6) is 0 Å². The van der Waals surface area contributed by atoms with Crippen molar-refractivity contribution in [3.05, 3.63) is 29.6 Å². The summed E-state index contributed by atoms with van der Waals surface area (Å²) < 4.78 is 13.4. The van der Waals surface area contributed by atoms with Crippen LogP contribution in [-0.4, -0.2) is 23.4 Å². The quantitative estimate of drug-likeness (QED) is 0.760. The number of Topliss-reactive ketones (excluding diaryl/α,β-unsaturated/α-hetero) is 2. The molecule has 5 nitrogen and oxygen atoms in total. The maximum Gasteiger partial charge on any atom is 0.259 e. The molecule has 2 amide bonds. The number of carbonyl (C=O) groups excluding carboxylic acids is 4. The maximum atomic E-state index is 13.4. The normalized spacial score (nSPS) is 16.0. The molecule has 0 aliphatic carbocycles. The van der Waals surface area contributed by atoms with Gasteiger partial charge in [0, 0.05) is 12.5 Å². The third kappa shape index (κ3) is 1.54. The number of anilines is 1. The van der Waals surface area contributed by atoms with Crippen molar-refractivity contribution in [3.63, 3.8) is 0 Å². The fourth-order valence-corrected chi connectivity index (χ4v) is 2.64. The topological polar surface area (TPSA) is 71.5 Å². The van der Waals surface area contributed by atoms with Crippen LogP contribution in [0.1, 0.15) is 26.3 Å². The molecule has 20 heavy (non-hydrogen) atoms. The number of imide groups is 1. The Bertz CT molecular complexity index is 651. The number of amides is 2. The Morgan fingerprint density at radius 2 is 1.65 bits per heavy atom. The lowest BCUT2D eigenvalue weighted by atomic mass is 9.75. The molecule has 0 N–H and O–H groups in total. The standard InChI is InChI=1S/C14H12FNO4/c1-7(17)14(8(2)18)11-5-4-10(15)6-12(11)16(9(3)19)13(14)20/h4-6H,1-3H3. The van der Waals surface area contributed by atoms with E-state index in [1.165, 1.54) is 6.07 Å². The fourth-order valence-electron chi connectivity index (χ4n) is 2.64. The molecular weight excluding hydrogens is 265 g/mol. The van der Waals surface area contributed by atoms with Crippen LogP contribution < -0.4 is 4.90 Å². The summed E-state index contributed by atoms with van der Waals surface area (Å²) >= 11 is 0. The first-order valence-electron chi connectivity index (χ1n) is 5.91. The molecule has 6 heteroatoms. The van der Waals surface area contributed by atoms with E-state index >= 15 is 0 Å². The molecule has 0 fully saturated rings. The third-order valence-corrected chi connectivity index (χ3v) is 3.50. The second-order valence-corrected chi connectivity index (χ2v) is 4.68. The highest BCUT2D eigenvalue weighted by atomic mass is 19.1. The summed E-state index contributed by atoms with van der Waals surface area (Å²) in [4.78, 5) is 48.7. The van der Waals surface area contributed by atoms with Crippen molar-refractivity contribution in [1.82, 2.24) is 0 Å². The molecule has 2 rings (SSSR count). The number of fused-ring (bicyclic) bond motifs is 1. The van der Waals surface area contributed by atoms with Crippen LogP contribution in [0.2, 0.25) is 0 Å². The predicted octanol–water partition coefficient (Wildman–Crippen LogP) is 1.13. The first-order valence-corrected chi connectivity index (χ1v) is 5.91. The summed E-state index contributed by atoms with van der Waals surface area (Å²) in [7, 11) is 0. The first kappa shape index (κ1) is 14.0. The van der Waals surface area contributed by atoms with Crippen LogP contribution in [0.4, 0.5) is 10.1 Å². The van der Waals surface area contributed by atoms with E-state index < -0.39 is 34.6 Å². The summed E-state index contributed by atoms with van der Waals surface area (Å²) in [6.07, 6.45) is 0. The highest BCUT2D eigenvalue weighted by Crippen LogP contribution is 2.43. The summed E-state index contributed by atoms with van der Waals surface area (Å²) in [5, 5.41) is 0. The van der Waals surface area contributed by atoms with Gasteiger partial charge in [-0.15, -0.1) is 0 Å². The van der Waals surface area contributed by atoms with E-state index in [2.05, 4.69) is 0 Å². The second kappa shape index (κ2) is 4.33. The average molecular weight is 277 g/mol. The molecule has 0 saturated carbocycles. The smallest absolute Gasteiger partial charge is 0.259 e. The minimum Gasteiger partial charge on any atom is -0.298 e. The third-order valence-electron chi connectivity index (χ3n) is 3.50. The lowest BCUT2D eigenvalue weighted by Gasteiger charge is -2.22. The van der Waals surface area contributed by atoms with E-state index in [9.17, 15) is 23.6 Å². The molecular formula is C14H12FNO4. The van der Waals surface area contributed by atoms with Crippen molar-refractivity contribution in [3.8, 4) is 0 Å². The molecule has 1 aliphatic heterocycles. The monoisotopic (exact) mass is 277 g/mol. The molecule has 0 radical (unpaired) electrons. The van der Waals surface area contributed by atoms with E-state index in [4.69, 9.17) is 0 Å². The Hall–Kier alpha value is -2.37. The van der Waals surface area contributed by atoms with Gasteiger partial charge in [0.1, 0.15) is 5.82 Å². The highest BCUT2D eigenvalue weighted by molar-refractivity contribution is 6.39. The zero-order valence-electron chi connectivity index (χ0n) is 11.2. The molecule has 1 aromatic carbocycles. The van der Waals surface area contributed by atoms with Crippen LogP contribution >= 0.6 is 0 Å². The van der Waals surface area contributed by atoms with Gasteiger partial charge in [0.2, 0.25) is 5.91 Å². The van der Waals surface area contributed by atoms with Gasteiger partial charge in [-0.05, 0) is 26.0 Å². The number of halogens is 1. The summed E-state index contributed by atoms with van der Waals surface area (Å²) in [6.45, 7) is 3.33. The number of rotatable bonds is 2. The summed E-state index contributed by atoms with van der Waals surface area (Å²) in [5.41, 5.74) is -2.04. The van der Waals surface area contributed by atoms with Crippen LogP contribution in [0, 0.1) is 5.82 Å². The van der Waals surface area contributed by atoms with Crippen molar-refractivity contribution in [2.75, 3.05) is 4.90 Å². The number of benzene rings is 1. The Balaban J connectivity index is 2.88. The Morgan fingerprint density at radius 3 is 2.10 bits per heavy atom. The molecule has 0 atom stereocenters. The summed E-state index contributed by atoms with van der Waals surface area (Å²) in [5.74, 6) is -3.65. The molecule has 0 aromatic heterocycles. The van der Waals surface area contributed by atoms with E-state index in [0.717, 1.165) is 32.9 Å². The molecule has 0 bridgehead atoms. The molecule has 0 unspecified atom stereocenters. The lowest BCUT2D eigenvalue weighted by molar-refractivity contribution is -0.140. The molecule has 1 heterocycles. The molecule has 104 valence electrons. The van der Waals surface area contributed by atoms with Crippen molar-refractivity contribution >= 4 is 29.1 Å². The van der Waals surface area contributed by atoms with Gasteiger partial charge in [-0.3, -0.25) is 19.2 Å². The largest absolute Gasteiger partial charge is 0.298 e. The zero-order chi connectivity index (χ0) is 15.2. The van der Waals surface area contributed by atoms with E-state index in [1.54, 1.807) is 0 Å². The maximum absolute atomic E-state index is 13.4. The number of carbonyl (C=O) groups is 4. The van der Waals surface area contributed by atoms with E-state index in [-0.39, 0.29) is 11.3 Å². The zero-order valence-corrected chi connectivity index (χ0v) is 11.2. The number of hydrogen-bond acceptors (Lipinski definition) is 4. The average Bonchev–Trinajstić information content (AvgIpc) is 2.57. The molecule has 0 spiro atoms. The predicted molar refractivity (Wildman–Crippen MR) is 67.6 cm³/mol. The second-order valence-electron chi connectivity index (χ2n) is 4.68. The minimum absolute atomic E-state index is 0.0482. The summed E-state index contributed by atoms with van der Waals surface area (Å²) in [6, 6.07) is 3.23. The number of hydrogen-bond donors (Lipinski definition) is 0. The van der Waals surface area contributed by atoms with Crippen LogP contribution in [0.15, 0.2) is 18.2 Å². The van der Waals surface area contributed by atoms with Gasteiger partial charge in [0.15, 0.2) is 17.0 Å². The Kier molecular flexibility index (Phi) is 3.04. The van der Waals surface area contributed by atoms with Crippen LogP contribution in [0.3, 0.4) is 0 Å². The van der Waals surface area contributed by atoms with Gasteiger partial charge in [-0.1, -0.05) is 6.07 Å². The van der Waals surface area contributed by atoms with Crippen molar-refractivity contribution in [2.24, 2.45) is 0 Å². The SMILES string of the molecule is CC(=O)N1C(=O)C(C(C)=O)(C(C)=O)c2ccc(F)cc21. The Morgan fingerprint density at radius 1 is 1.10 bits per heavy atom. The lowest BCUT2D eigenvalue weighted by Crippen LogP contribution is -2.51. The first-order chi connectivity index (χ1) is 9.24. The van der Waals surface area contributed by atoms with E-state index in [1.807, 2.05) is 0 Å². The van der Waals surface area contributed by atoms with Crippen molar-refractivity contribution in [1.29, 1.82) is 0 Å². The van der Waals surface area contributed by atoms with Gasteiger partial charge in [-0.2, -0.15) is 0 Å². The highest BCUT2D eigenvalue weighted by Gasteiger charge is 2.59. The van der Waals surface area contributed by atoms with Gasteiger partial charge < -0.3 is 0 Å². The van der Waals surface area contributed by atoms with Crippen molar-refractivity contribution < 1.29 is 23.6 Å². The fraction of sp³-hybridized carbons (Fsp3) is 0.286. The van der Waals surface area contributed by atoms with Gasteiger partial charge in [0.05, 0.1) is 5.69 Å². The molecule has 1 aliphatic rings.